The van der Waals surface area contributed by atoms with Crippen LogP contribution in [0.15, 0.2) is 24.5 Å². The van der Waals surface area contributed by atoms with Gasteiger partial charge in [-0.2, -0.15) is 0 Å². The number of anilines is 3. The van der Waals surface area contributed by atoms with Gasteiger partial charge in [0.2, 0.25) is 5.88 Å². The van der Waals surface area contributed by atoms with Crippen molar-refractivity contribution < 1.29 is 24.1 Å². The van der Waals surface area contributed by atoms with E-state index in [4.69, 9.17) is 10.5 Å². The Balaban J connectivity index is 1.61. The molecule has 33 heavy (non-hydrogen) atoms. The number of hydrogen-bond donors (Lipinski definition) is 4. The van der Waals surface area contributed by atoms with Gasteiger partial charge in [0, 0.05) is 48.1 Å². The summed E-state index contributed by atoms with van der Waals surface area (Å²) in [5, 5.41) is 23.3. The Labute approximate surface area is 189 Å². The summed E-state index contributed by atoms with van der Waals surface area (Å²) >= 11 is 0. The Hall–Kier alpha value is -3.66. The van der Waals surface area contributed by atoms with Gasteiger partial charge in [0.15, 0.2) is 5.82 Å². The predicted octanol–water partition coefficient (Wildman–Crippen LogP) is 3.39. The lowest BCUT2D eigenvalue weighted by Gasteiger charge is -2.40. The van der Waals surface area contributed by atoms with Gasteiger partial charge in [0.1, 0.15) is 18.1 Å². The molecule has 172 valence electrons. The normalized spacial score (nSPS) is 19.2. The van der Waals surface area contributed by atoms with Crippen molar-refractivity contribution in [2.24, 2.45) is 5.92 Å². The first kappa shape index (κ1) is 21.2. The fourth-order valence-electron chi connectivity index (χ4n) is 4.61. The van der Waals surface area contributed by atoms with Crippen molar-refractivity contribution in [2.75, 3.05) is 35.7 Å². The van der Waals surface area contributed by atoms with Crippen molar-refractivity contribution >= 4 is 34.1 Å². The maximum Gasteiger partial charge on any atom is 0.413 e. The van der Waals surface area contributed by atoms with Gasteiger partial charge < -0.3 is 26.0 Å². The summed E-state index contributed by atoms with van der Waals surface area (Å²) in [4.78, 5) is 21.8. The summed E-state index contributed by atoms with van der Waals surface area (Å²) in [5.41, 5.74) is 8.40. The second-order valence-corrected chi connectivity index (χ2v) is 8.49. The lowest BCUT2D eigenvalue weighted by molar-refractivity contribution is 0.133. The van der Waals surface area contributed by atoms with Gasteiger partial charge in [-0.05, 0) is 48.8 Å². The summed E-state index contributed by atoms with van der Waals surface area (Å²) < 4.78 is 20.9. The molecule has 0 spiro atoms. The molecule has 1 fully saturated rings. The lowest BCUT2D eigenvalue weighted by atomic mass is 9.80. The number of carbonyl (C=O) groups is 1. The van der Waals surface area contributed by atoms with Crippen LogP contribution in [0.5, 0.6) is 5.88 Å². The SMILES string of the molecule is Cc1c(-c2cc3cc(N(C(=O)O)C4CC(CO)C4)ncc3c(N)c2F)cnc2c1NCCO2. The first-order valence-corrected chi connectivity index (χ1v) is 10.8. The second-order valence-electron chi connectivity index (χ2n) is 8.49. The molecule has 5 rings (SSSR count). The number of fused-ring (bicyclic) bond motifs is 2. The maximum absolute atomic E-state index is 15.3. The number of hydrogen-bond acceptors (Lipinski definition) is 7. The van der Waals surface area contributed by atoms with E-state index in [1.54, 1.807) is 18.3 Å². The number of rotatable bonds is 4. The number of pyridine rings is 2. The van der Waals surface area contributed by atoms with E-state index in [1.807, 2.05) is 6.92 Å². The topological polar surface area (TPSA) is 134 Å². The summed E-state index contributed by atoms with van der Waals surface area (Å²) in [7, 11) is 0. The Morgan fingerprint density at radius 1 is 1.30 bits per heavy atom. The van der Waals surface area contributed by atoms with E-state index in [0.717, 1.165) is 5.56 Å². The molecule has 0 bridgehead atoms. The van der Waals surface area contributed by atoms with Crippen LogP contribution < -0.4 is 20.7 Å². The molecule has 1 saturated carbocycles. The highest BCUT2D eigenvalue weighted by atomic mass is 19.1. The van der Waals surface area contributed by atoms with E-state index in [0.29, 0.717) is 53.9 Å². The number of nitrogens with two attached hydrogens (primary N) is 1. The van der Waals surface area contributed by atoms with Gasteiger partial charge in [-0.15, -0.1) is 0 Å². The van der Waals surface area contributed by atoms with E-state index in [1.165, 1.54) is 11.1 Å². The van der Waals surface area contributed by atoms with Crippen molar-refractivity contribution in [2.45, 2.75) is 25.8 Å². The number of amides is 1. The maximum atomic E-state index is 15.3. The zero-order chi connectivity index (χ0) is 23.3. The molecule has 0 atom stereocenters. The van der Waals surface area contributed by atoms with Crippen LogP contribution in [-0.2, 0) is 0 Å². The van der Waals surface area contributed by atoms with Crippen molar-refractivity contribution in [3.63, 3.8) is 0 Å². The molecule has 9 nitrogen and oxygen atoms in total. The summed E-state index contributed by atoms with van der Waals surface area (Å²) in [6.45, 7) is 3.02. The molecule has 5 N–H and O–H groups in total. The van der Waals surface area contributed by atoms with Crippen molar-refractivity contribution in [1.82, 2.24) is 9.97 Å². The smallest absolute Gasteiger partial charge is 0.413 e. The Morgan fingerprint density at radius 3 is 2.82 bits per heavy atom. The number of halogens is 1. The number of ether oxygens (including phenoxy) is 1. The van der Waals surface area contributed by atoms with Crippen LogP contribution in [0.4, 0.5) is 26.4 Å². The third kappa shape index (κ3) is 3.46. The molecule has 3 heterocycles. The zero-order valence-electron chi connectivity index (χ0n) is 18.0. The average Bonchev–Trinajstić information content (AvgIpc) is 2.78. The van der Waals surface area contributed by atoms with Crippen LogP contribution in [0.2, 0.25) is 0 Å². The van der Waals surface area contributed by atoms with E-state index in [2.05, 4.69) is 15.3 Å². The molecule has 3 aromatic rings. The highest BCUT2D eigenvalue weighted by Gasteiger charge is 2.37. The molecule has 1 aliphatic carbocycles. The number of nitrogen functional groups attached to an aromatic ring is 1. The zero-order valence-corrected chi connectivity index (χ0v) is 18.0. The van der Waals surface area contributed by atoms with Gasteiger partial charge in [0.05, 0.1) is 5.69 Å². The molecule has 0 saturated heterocycles. The highest BCUT2D eigenvalue weighted by Crippen LogP contribution is 2.40. The van der Waals surface area contributed by atoms with E-state index in [-0.39, 0.29) is 35.6 Å². The Kier molecular flexibility index (Phi) is 5.16. The van der Waals surface area contributed by atoms with Crippen molar-refractivity contribution in [3.05, 3.63) is 35.9 Å². The molecule has 2 aliphatic rings. The van der Waals surface area contributed by atoms with Crippen molar-refractivity contribution in [3.8, 4) is 17.0 Å². The fourth-order valence-corrected chi connectivity index (χ4v) is 4.61. The van der Waals surface area contributed by atoms with Crippen molar-refractivity contribution in [1.29, 1.82) is 0 Å². The van der Waals surface area contributed by atoms with Crippen LogP contribution in [-0.4, -0.2) is 52.1 Å². The van der Waals surface area contributed by atoms with Crippen LogP contribution in [0.25, 0.3) is 21.9 Å². The summed E-state index contributed by atoms with van der Waals surface area (Å²) in [6.07, 6.45) is 2.96. The van der Waals surface area contributed by atoms with Gasteiger partial charge in [0.25, 0.3) is 0 Å². The van der Waals surface area contributed by atoms with Crippen LogP contribution >= 0.6 is 0 Å². The largest absolute Gasteiger partial charge is 0.474 e. The monoisotopic (exact) mass is 453 g/mol. The first-order valence-electron chi connectivity index (χ1n) is 10.8. The molecule has 2 aromatic heterocycles. The van der Waals surface area contributed by atoms with Gasteiger partial charge in [-0.1, -0.05) is 0 Å². The van der Waals surface area contributed by atoms with E-state index < -0.39 is 11.9 Å². The minimum absolute atomic E-state index is 0.0301. The quantitative estimate of drug-likeness (QED) is 0.442. The minimum atomic E-state index is -1.13. The van der Waals surface area contributed by atoms with E-state index >= 15 is 4.39 Å². The molecular formula is C23H24FN5O4. The molecule has 1 aromatic carbocycles. The first-order chi connectivity index (χ1) is 15.9. The molecule has 1 amide bonds. The molecular weight excluding hydrogens is 429 g/mol. The minimum Gasteiger partial charge on any atom is -0.474 e. The summed E-state index contributed by atoms with van der Waals surface area (Å²) in [5.74, 6) is 0.217. The fraction of sp³-hybridized carbons (Fsp3) is 0.348. The molecule has 0 radical (unpaired) electrons. The number of carboxylic acid groups (broad SMARTS) is 1. The average molecular weight is 453 g/mol. The number of benzene rings is 1. The van der Waals surface area contributed by atoms with Gasteiger partial charge in [-0.25, -0.2) is 19.2 Å². The Morgan fingerprint density at radius 2 is 2.09 bits per heavy atom. The number of aliphatic hydroxyl groups is 1. The van der Waals surface area contributed by atoms with Crippen LogP contribution in [0, 0.1) is 18.7 Å². The highest BCUT2D eigenvalue weighted by molar-refractivity contribution is 5.99. The molecule has 1 aliphatic heterocycles. The third-order valence-corrected chi connectivity index (χ3v) is 6.51. The van der Waals surface area contributed by atoms with Gasteiger partial charge >= 0.3 is 6.09 Å². The molecule has 0 unspecified atom stereocenters. The number of nitrogens with one attached hydrogen (secondary N) is 1. The number of aliphatic hydroxyl groups excluding tert-OH is 1. The summed E-state index contributed by atoms with van der Waals surface area (Å²) in [6, 6.07) is 2.99. The molecule has 10 heteroatoms. The standard InChI is InChI=1S/C23H24FN5O4/c1-11-16(8-28-22-21(11)26-2-3-33-22)15-6-13-7-18(27-9-17(13)20(25)19(15)24)29(23(31)32)14-4-12(5-14)10-30/h6-9,12,14,26,30H,2-5,10,25H2,1H3,(H,31,32). The number of nitrogens with zero attached hydrogens (tertiary/aromatic N) is 3. The van der Waals surface area contributed by atoms with Crippen LogP contribution in [0.1, 0.15) is 18.4 Å². The number of aromatic nitrogens is 2. The predicted molar refractivity (Wildman–Crippen MR) is 122 cm³/mol. The van der Waals surface area contributed by atoms with E-state index in [9.17, 15) is 15.0 Å². The van der Waals surface area contributed by atoms with Gasteiger partial charge in [-0.3, -0.25) is 4.90 Å². The Bertz CT molecular complexity index is 1260. The van der Waals surface area contributed by atoms with Crippen LogP contribution in [0.3, 0.4) is 0 Å². The lowest BCUT2D eigenvalue weighted by Crippen LogP contribution is -2.48. The third-order valence-electron chi connectivity index (χ3n) is 6.51. The second kappa shape index (κ2) is 8.04.